The van der Waals surface area contributed by atoms with Crippen molar-refractivity contribution >= 4 is 13.1 Å². The number of rotatable bonds is 8. The Bertz CT molecular complexity index is 794. The number of nitrogens with two attached hydrogens (primary N) is 1. The molecule has 0 heterocycles. The number of benzene rings is 2. The third kappa shape index (κ3) is 4.66. The molecule has 6 N–H and O–H groups in total. The van der Waals surface area contributed by atoms with Crippen molar-refractivity contribution in [3.63, 3.8) is 0 Å². The largest absolute Gasteiger partial charge is 0.532 e. The van der Waals surface area contributed by atoms with Crippen LogP contribution in [0.5, 0.6) is 5.75 Å². The molecule has 9 heteroatoms. The van der Waals surface area contributed by atoms with Gasteiger partial charge in [-0.2, -0.15) is 0 Å². The lowest BCUT2D eigenvalue weighted by Crippen LogP contribution is -2.41. The minimum atomic E-state index is -1.97. The average molecular weight is 359 g/mol. The number of hydrogen-bond donors (Lipinski definition) is 5. The molecular weight excluding hydrogens is 339 g/mol. The summed E-state index contributed by atoms with van der Waals surface area (Å²) in [6.45, 7) is 0.269. The third-order valence-electron chi connectivity index (χ3n) is 4.09. The Morgan fingerprint density at radius 2 is 1.73 bits per heavy atom. The van der Waals surface area contributed by atoms with Crippen molar-refractivity contribution < 1.29 is 29.8 Å². The van der Waals surface area contributed by atoms with Crippen LogP contribution < -0.4 is 5.73 Å². The summed E-state index contributed by atoms with van der Waals surface area (Å²) >= 11 is 0. The number of phenols is 1. The number of aromatic carboxylic acids is 1. The Morgan fingerprint density at radius 1 is 1.12 bits per heavy atom. The summed E-state index contributed by atoms with van der Waals surface area (Å²) < 4.78 is 0.495. The van der Waals surface area contributed by atoms with Crippen LogP contribution in [0.4, 0.5) is 0 Å². The first kappa shape index (κ1) is 19.6. The van der Waals surface area contributed by atoms with E-state index in [1.165, 1.54) is 18.2 Å². The van der Waals surface area contributed by atoms with E-state index in [0.29, 0.717) is 16.9 Å². The second-order valence-corrected chi connectivity index (χ2v) is 5.90. The van der Waals surface area contributed by atoms with Crippen LogP contribution in [0.15, 0.2) is 42.5 Å². The van der Waals surface area contributed by atoms with E-state index in [2.05, 4.69) is 0 Å². The van der Waals surface area contributed by atoms with Crippen LogP contribution in [0.25, 0.3) is 0 Å². The van der Waals surface area contributed by atoms with Crippen LogP contribution in [0.1, 0.15) is 27.0 Å². The molecule has 136 valence electrons. The van der Waals surface area contributed by atoms with E-state index in [1.807, 2.05) is 0 Å². The maximum Gasteiger partial charge on any atom is 0.532 e. The number of nitrogens with zero attached hydrogens (tertiary/aromatic N) is 1. The molecular formula is C17H20BN2O6+. The van der Waals surface area contributed by atoms with Crippen LogP contribution in [0.2, 0.25) is 0 Å². The summed E-state index contributed by atoms with van der Waals surface area (Å²) in [7, 11) is -1.97. The van der Waals surface area contributed by atoms with Gasteiger partial charge in [0.1, 0.15) is 11.3 Å². The molecule has 0 aromatic heterocycles. The second-order valence-electron chi connectivity index (χ2n) is 5.90. The Balaban J connectivity index is 2.19. The summed E-state index contributed by atoms with van der Waals surface area (Å²) in [5.74, 6) is -3.09. The smallest absolute Gasteiger partial charge is 0.507 e. The quantitative estimate of drug-likeness (QED) is 0.340. The van der Waals surface area contributed by atoms with Crippen LogP contribution >= 0.6 is 0 Å². The van der Waals surface area contributed by atoms with Crippen molar-refractivity contribution in [1.29, 1.82) is 0 Å². The molecule has 2 rings (SSSR count). The SMILES string of the molecule is NCc1ccc(C[N+](=O)C(Cc2cccc(C(=O)O)c2O)B(O)O)cc1. The molecule has 2 aromatic rings. The lowest BCUT2D eigenvalue weighted by atomic mass is 9.75. The Kier molecular flexibility index (Phi) is 6.45. The van der Waals surface area contributed by atoms with E-state index in [-0.39, 0.29) is 24.1 Å². The molecule has 1 atom stereocenters. The molecule has 0 radical (unpaired) electrons. The molecule has 0 bridgehead atoms. The molecule has 0 amide bonds. The van der Waals surface area contributed by atoms with Crippen molar-refractivity contribution in [2.24, 2.45) is 5.73 Å². The molecule has 8 nitrogen and oxygen atoms in total. The molecule has 0 aliphatic carbocycles. The fourth-order valence-corrected chi connectivity index (χ4v) is 2.59. The van der Waals surface area contributed by atoms with Crippen LogP contribution in [0.3, 0.4) is 0 Å². The van der Waals surface area contributed by atoms with Gasteiger partial charge in [-0.05, 0) is 11.6 Å². The predicted molar refractivity (Wildman–Crippen MR) is 94.4 cm³/mol. The highest BCUT2D eigenvalue weighted by Gasteiger charge is 2.38. The first-order chi connectivity index (χ1) is 12.3. The van der Waals surface area contributed by atoms with Gasteiger partial charge in [-0.15, -0.1) is 0 Å². The highest BCUT2D eigenvalue weighted by Crippen LogP contribution is 2.24. The molecule has 0 aliphatic heterocycles. The van der Waals surface area contributed by atoms with Crippen molar-refractivity contribution in [3.8, 4) is 5.75 Å². The highest BCUT2D eigenvalue weighted by atomic mass is 16.4. The lowest BCUT2D eigenvalue weighted by Gasteiger charge is -2.11. The second kappa shape index (κ2) is 8.57. The minimum absolute atomic E-state index is 0.105. The van der Waals surface area contributed by atoms with Crippen LogP contribution in [0, 0.1) is 4.91 Å². The maximum atomic E-state index is 12.4. The number of aromatic hydroxyl groups is 1. The molecule has 0 saturated carbocycles. The third-order valence-corrected chi connectivity index (χ3v) is 4.09. The van der Waals surface area contributed by atoms with Crippen molar-refractivity contribution in [1.82, 2.24) is 0 Å². The molecule has 0 aliphatic rings. The number of carboxylic acid groups (broad SMARTS) is 1. The van der Waals surface area contributed by atoms with E-state index < -0.39 is 24.8 Å². The number of hydrogen-bond acceptors (Lipinski definition) is 6. The van der Waals surface area contributed by atoms with E-state index in [9.17, 15) is 24.9 Å². The Labute approximate surface area is 150 Å². The summed E-state index contributed by atoms with van der Waals surface area (Å²) in [4.78, 5) is 23.5. The van der Waals surface area contributed by atoms with Gasteiger partial charge in [-0.1, -0.05) is 36.4 Å². The average Bonchev–Trinajstić information content (AvgIpc) is 2.60. The first-order valence-corrected chi connectivity index (χ1v) is 7.95. The van der Waals surface area contributed by atoms with Crippen molar-refractivity contribution in [2.75, 3.05) is 0 Å². The van der Waals surface area contributed by atoms with E-state index >= 15 is 0 Å². The highest BCUT2D eigenvalue weighted by molar-refractivity contribution is 6.42. The topological polar surface area (TPSA) is 144 Å². The molecule has 2 aromatic carbocycles. The Hall–Kier alpha value is -2.75. The number of para-hydroxylation sites is 1. The summed E-state index contributed by atoms with van der Waals surface area (Å²) in [6.07, 6.45) is -0.227. The van der Waals surface area contributed by atoms with E-state index in [4.69, 9.17) is 10.8 Å². The van der Waals surface area contributed by atoms with Crippen molar-refractivity contribution in [2.45, 2.75) is 25.5 Å². The van der Waals surface area contributed by atoms with Gasteiger partial charge < -0.3 is 26.0 Å². The van der Waals surface area contributed by atoms with Gasteiger partial charge in [0.2, 0.25) is 12.5 Å². The monoisotopic (exact) mass is 359 g/mol. The fraction of sp³-hybridized carbons (Fsp3) is 0.235. The van der Waals surface area contributed by atoms with Gasteiger partial charge in [0.15, 0.2) is 0 Å². The maximum absolute atomic E-state index is 12.4. The lowest BCUT2D eigenvalue weighted by molar-refractivity contribution is -0.585. The van der Waals surface area contributed by atoms with Gasteiger partial charge in [0, 0.05) is 33.8 Å². The summed E-state index contributed by atoms with van der Waals surface area (Å²) in [5, 5.41) is 38.2. The summed E-state index contributed by atoms with van der Waals surface area (Å²) in [5.41, 5.74) is 6.91. The van der Waals surface area contributed by atoms with Gasteiger partial charge in [-0.25, -0.2) is 4.79 Å². The summed E-state index contributed by atoms with van der Waals surface area (Å²) in [6, 6.07) is 11.1. The van der Waals surface area contributed by atoms with Gasteiger partial charge in [-0.3, -0.25) is 0 Å². The standard InChI is InChI=1S/C17H19BN2O6/c19-9-11-4-6-12(7-5-11)10-20(26)15(18(24)25)8-13-2-1-3-14(16(13)21)17(22)23/h1-7,15,24-25H,8-10,19H2,(H-,21,22,23)/p+1. The van der Waals surface area contributed by atoms with E-state index in [0.717, 1.165) is 5.56 Å². The molecule has 0 saturated heterocycles. The van der Waals surface area contributed by atoms with Gasteiger partial charge in [0.05, 0.1) is 0 Å². The van der Waals surface area contributed by atoms with E-state index in [1.54, 1.807) is 24.3 Å². The zero-order chi connectivity index (χ0) is 19.3. The van der Waals surface area contributed by atoms with Crippen LogP contribution in [-0.4, -0.2) is 44.0 Å². The van der Waals surface area contributed by atoms with Crippen molar-refractivity contribution in [3.05, 3.63) is 69.6 Å². The predicted octanol–water partition coefficient (Wildman–Crippen LogP) is 0.451. The molecule has 1 unspecified atom stereocenters. The fourth-order valence-electron chi connectivity index (χ4n) is 2.59. The number of carboxylic acids is 1. The zero-order valence-corrected chi connectivity index (χ0v) is 13.9. The zero-order valence-electron chi connectivity index (χ0n) is 13.9. The normalized spacial score (nSPS) is 11.8. The van der Waals surface area contributed by atoms with Gasteiger partial charge >= 0.3 is 13.1 Å². The first-order valence-electron chi connectivity index (χ1n) is 7.95. The number of carbonyl (C=O) groups is 1. The minimum Gasteiger partial charge on any atom is -0.507 e. The molecule has 0 fully saturated rings. The van der Waals surface area contributed by atoms with Crippen LogP contribution in [-0.2, 0) is 19.5 Å². The molecule has 26 heavy (non-hydrogen) atoms. The Morgan fingerprint density at radius 3 is 2.27 bits per heavy atom. The number of nitroso groups, excluding NO2 is 1. The van der Waals surface area contributed by atoms with Gasteiger partial charge in [0.25, 0.3) is 0 Å². The molecule has 0 spiro atoms.